The van der Waals surface area contributed by atoms with Gasteiger partial charge >= 0.3 is 6.18 Å². The van der Waals surface area contributed by atoms with E-state index in [2.05, 4.69) is 25.8 Å². The molecule has 7 nitrogen and oxygen atoms in total. The molecule has 1 aliphatic rings. The minimum atomic E-state index is -4.16. The Morgan fingerprint density at radius 2 is 1.94 bits per heavy atom. The molecule has 1 aliphatic carbocycles. The summed E-state index contributed by atoms with van der Waals surface area (Å²) < 4.78 is 46.6. The van der Waals surface area contributed by atoms with E-state index in [4.69, 9.17) is 4.74 Å². The molecule has 2 atom stereocenters. The maximum absolute atomic E-state index is 13.2. The molecule has 1 heterocycles. The van der Waals surface area contributed by atoms with Crippen LogP contribution in [0.4, 0.5) is 13.2 Å². The van der Waals surface area contributed by atoms with Crippen molar-refractivity contribution in [3.05, 3.63) is 41.5 Å². The number of nitrogens with zero attached hydrogens (tertiary/aromatic N) is 4. The first-order chi connectivity index (χ1) is 14.8. The van der Waals surface area contributed by atoms with E-state index in [9.17, 15) is 13.2 Å². The van der Waals surface area contributed by atoms with Crippen LogP contribution < -0.4 is 15.4 Å². The first kappa shape index (κ1) is 26.2. The minimum Gasteiger partial charge on any atom is -0.497 e. The Morgan fingerprint density at radius 1 is 1.22 bits per heavy atom. The highest BCUT2D eigenvalue weighted by atomic mass is 127. The van der Waals surface area contributed by atoms with Gasteiger partial charge in [-0.2, -0.15) is 13.2 Å². The van der Waals surface area contributed by atoms with Crippen molar-refractivity contribution >= 4 is 29.9 Å². The highest BCUT2D eigenvalue weighted by Crippen LogP contribution is 2.37. The zero-order valence-corrected chi connectivity index (χ0v) is 20.8. The number of halogens is 4. The van der Waals surface area contributed by atoms with Crippen LogP contribution in [0, 0.1) is 12.8 Å². The van der Waals surface area contributed by atoms with Gasteiger partial charge < -0.3 is 19.9 Å². The summed E-state index contributed by atoms with van der Waals surface area (Å²) in [6.07, 6.45) is -2.71. The van der Waals surface area contributed by atoms with E-state index in [0.29, 0.717) is 37.7 Å². The summed E-state index contributed by atoms with van der Waals surface area (Å²) >= 11 is 0. The normalized spacial score (nSPS) is 19.2. The van der Waals surface area contributed by atoms with Gasteiger partial charge in [-0.05, 0) is 43.9 Å². The third kappa shape index (κ3) is 7.24. The fourth-order valence-corrected chi connectivity index (χ4v) is 3.63. The average Bonchev–Trinajstić information content (AvgIpc) is 3.07. The van der Waals surface area contributed by atoms with Gasteiger partial charge in [0, 0.05) is 13.1 Å². The van der Waals surface area contributed by atoms with Crippen LogP contribution in [0.1, 0.15) is 42.9 Å². The van der Waals surface area contributed by atoms with E-state index >= 15 is 0 Å². The second-order valence-electron chi connectivity index (χ2n) is 7.84. The molecule has 1 aromatic carbocycles. The van der Waals surface area contributed by atoms with Crippen LogP contribution in [-0.4, -0.2) is 40.1 Å². The van der Waals surface area contributed by atoms with Gasteiger partial charge in [0.25, 0.3) is 0 Å². The maximum atomic E-state index is 13.2. The van der Waals surface area contributed by atoms with Gasteiger partial charge in [0.15, 0.2) is 11.8 Å². The Kier molecular flexibility index (Phi) is 9.59. The fraction of sp³-hybridized carbons (Fsp3) is 0.571. The second-order valence-corrected chi connectivity index (χ2v) is 7.84. The molecule has 0 bridgehead atoms. The smallest absolute Gasteiger partial charge is 0.391 e. The van der Waals surface area contributed by atoms with Crippen molar-refractivity contribution in [3.8, 4) is 5.75 Å². The first-order valence-corrected chi connectivity index (χ1v) is 10.4. The van der Waals surface area contributed by atoms with Crippen molar-refractivity contribution in [2.45, 2.75) is 57.9 Å². The van der Waals surface area contributed by atoms with Crippen molar-refractivity contribution < 1.29 is 17.9 Å². The van der Waals surface area contributed by atoms with Crippen LogP contribution in [0.2, 0.25) is 0 Å². The topological polar surface area (TPSA) is 76.4 Å². The van der Waals surface area contributed by atoms with Gasteiger partial charge in [0.2, 0.25) is 0 Å². The third-order valence-corrected chi connectivity index (χ3v) is 5.65. The van der Waals surface area contributed by atoms with Crippen LogP contribution in [0.3, 0.4) is 0 Å². The van der Waals surface area contributed by atoms with Gasteiger partial charge in [-0.15, -0.1) is 34.2 Å². The number of aromatic nitrogens is 3. The Hall–Kier alpha value is -2.05. The van der Waals surface area contributed by atoms with Crippen molar-refractivity contribution in [1.29, 1.82) is 0 Å². The van der Waals surface area contributed by atoms with Crippen LogP contribution in [-0.2, 0) is 20.1 Å². The molecule has 2 aromatic rings. The minimum absolute atomic E-state index is 0. The summed E-state index contributed by atoms with van der Waals surface area (Å²) in [5, 5.41) is 14.6. The molecule has 2 unspecified atom stereocenters. The van der Waals surface area contributed by atoms with Crippen molar-refractivity contribution in [2.24, 2.45) is 18.0 Å². The molecular formula is C21H30F3IN6O. The summed E-state index contributed by atoms with van der Waals surface area (Å²) in [7, 11) is 3.47. The predicted octanol–water partition coefficient (Wildman–Crippen LogP) is 4.11. The molecule has 32 heavy (non-hydrogen) atoms. The van der Waals surface area contributed by atoms with E-state index in [1.807, 2.05) is 42.8 Å². The summed E-state index contributed by atoms with van der Waals surface area (Å²) in [5.74, 6) is 1.43. The number of guanidine groups is 1. The summed E-state index contributed by atoms with van der Waals surface area (Å²) in [4.78, 5) is 4.60. The molecule has 0 saturated heterocycles. The number of benzene rings is 1. The molecule has 0 spiro atoms. The monoisotopic (exact) mass is 566 g/mol. The first-order valence-electron chi connectivity index (χ1n) is 10.4. The lowest BCUT2D eigenvalue weighted by atomic mass is 9.85. The highest BCUT2D eigenvalue weighted by molar-refractivity contribution is 14.0. The van der Waals surface area contributed by atoms with E-state index in [0.717, 1.165) is 17.1 Å². The van der Waals surface area contributed by atoms with Crippen molar-refractivity contribution in [2.75, 3.05) is 7.11 Å². The lowest BCUT2D eigenvalue weighted by Gasteiger charge is -2.32. The Balaban J connectivity index is 0.00000363. The zero-order chi connectivity index (χ0) is 22.4. The lowest BCUT2D eigenvalue weighted by Crippen LogP contribution is -2.46. The quantitative estimate of drug-likeness (QED) is 0.313. The molecule has 178 valence electrons. The molecule has 0 amide bonds. The highest BCUT2D eigenvalue weighted by Gasteiger charge is 2.42. The fourth-order valence-electron chi connectivity index (χ4n) is 3.63. The number of alkyl halides is 3. The molecule has 3 rings (SSSR count). The van der Waals surface area contributed by atoms with Gasteiger partial charge in [-0.25, -0.2) is 4.99 Å². The largest absolute Gasteiger partial charge is 0.497 e. The van der Waals surface area contributed by atoms with E-state index < -0.39 is 12.1 Å². The number of hydrogen-bond donors (Lipinski definition) is 2. The van der Waals surface area contributed by atoms with Crippen molar-refractivity contribution in [1.82, 2.24) is 25.4 Å². The summed E-state index contributed by atoms with van der Waals surface area (Å²) in [5.41, 5.74) is 0.966. The predicted molar refractivity (Wildman–Crippen MR) is 127 cm³/mol. The number of methoxy groups -OCH3 is 1. The molecule has 11 heteroatoms. The van der Waals surface area contributed by atoms with E-state index in [1.54, 1.807) is 7.11 Å². The van der Waals surface area contributed by atoms with Gasteiger partial charge in [-0.3, -0.25) is 0 Å². The van der Waals surface area contributed by atoms with E-state index in [-0.39, 0.29) is 42.9 Å². The van der Waals surface area contributed by atoms with Crippen LogP contribution in [0.25, 0.3) is 0 Å². The molecule has 2 N–H and O–H groups in total. The molecule has 1 fully saturated rings. The molecule has 0 aliphatic heterocycles. The number of hydrogen-bond acceptors (Lipinski definition) is 4. The number of ether oxygens (including phenoxy) is 1. The van der Waals surface area contributed by atoms with Gasteiger partial charge in [-0.1, -0.05) is 18.6 Å². The Morgan fingerprint density at radius 3 is 2.53 bits per heavy atom. The van der Waals surface area contributed by atoms with Crippen molar-refractivity contribution in [3.63, 3.8) is 0 Å². The number of aliphatic imine (C=N–C) groups is 1. The maximum Gasteiger partial charge on any atom is 0.391 e. The third-order valence-electron chi connectivity index (χ3n) is 5.65. The molecule has 0 radical (unpaired) electrons. The number of aryl methyl sites for hydroxylation is 1. The van der Waals surface area contributed by atoms with Gasteiger partial charge in [0.1, 0.15) is 11.6 Å². The van der Waals surface area contributed by atoms with E-state index in [1.165, 1.54) is 0 Å². The number of nitrogens with one attached hydrogen (secondary N) is 2. The molecule has 1 saturated carbocycles. The van der Waals surface area contributed by atoms with Gasteiger partial charge in [0.05, 0.1) is 26.1 Å². The van der Waals surface area contributed by atoms with Crippen LogP contribution in [0.15, 0.2) is 29.3 Å². The molecular weight excluding hydrogens is 536 g/mol. The number of rotatable bonds is 6. The SMILES string of the molecule is COc1ccc(CN=C(NCc2nnc(C)n2C)NC2CCCC(C(F)(F)F)C2)cc1.I. The van der Waals surface area contributed by atoms with Crippen LogP contribution >= 0.6 is 24.0 Å². The lowest BCUT2D eigenvalue weighted by molar-refractivity contribution is -0.183. The summed E-state index contributed by atoms with van der Waals surface area (Å²) in [6.45, 7) is 2.60. The average molecular weight is 566 g/mol. The zero-order valence-electron chi connectivity index (χ0n) is 18.4. The van der Waals surface area contributed by atoms with Crippen LogP contribution in [0.5, 0.6) is 5.75 Å². The second kappa shape index (κ2) is 11.7. The molecule has 1 aromatic heterocycles. The summed E-state index contributed by atoms with van der Waals surface area (Å²) in [6, 6.07) is 7.23. The Labute approximate surface area is 203 Å². The standard InChI is InChI=1S/C21H29F3N6O.HI/c1-14-28-29-19(30(14)2)13-26-20(25-12-15-7-9-18(31-3)10-8-15)27-17-6-4-5-16(11-17)21(22,23)24;/h7-10,16-17H,4-6,11-13H2,1-3H3,(H2,25,26,27);1H. The Bertz CT molecular complexity index is 885.